The molecule has 0 bridgehead atoms. The van der Waals surface area contributed by atoms with Crippen molar-refractivity contribution in [3.05, 3.63) is 0 Å². The smallest absolute Gasteiger partial charge is 0.223 e. The van der Waals surface area contributed by atoms with Crippen LogP contribution in [-0.2, 0) is 9.53 Å². The lowest BCUT2D eigenvalue weighted by Crippen LogP contribution is -2.47. The van der Waals surface area contributed by atoms with Gasteiger partial charge in [0.05, 0.1) is 13.2 Å². The van der Waals surface area contributed by atoms with E-state index < -0.39 is 0 Å². The maximum absolute atomic E-state index is 11.8. The standard InChI is InChI=1S/C12H23N3O2/c1-10-8-15(12(16)2-3-13)9-11(10)14-4-6-17-7-5-14/h10-11H,2-9,13H2,1H3. The first-order valence-electron chi connectivity index (χ1n) is 6.52. The maximum Gasteiger partial charge on any atom is 0.223 e. The van der Waals surface area contributed by atoms with Gasteiger partial charge >= 0.3 is 0 Å². The molecule has 2 atom stereocenters. The molecule has 5 nitrogen and oxygen atoms in total. The average molecular weight is 241 g/mol. The van der Waals surface area contributed by atoms with E-state index in [0.29, 0.717) is 24.9 Å². The van der Waals surface area contributed by atoms with Crippen molar-refractivity contribution < 1.29 is 9.53 Å². The van der Waals surface area contributed by atoms with Crippen molar-refractivity contribution >= 4 is 5.91 Å². The van der Waals surface area contributed by atoms with Crippen molar-refractivity contribution in [2.75, 3.05) is 45.9 Å². The van der Waals surface area contributed by atoms with Crippen molar-refractivity contribution in [2.24, 2.45) is 11.7 Å². The fourth-order valence-corrected chi connectivity index (χ4v) is 2.82. The first kappa shape index (κ1) is 12.8. The van der Waals surface area contributed by atoms with Gasteiger partial charge in [-0.15, -0.1) is 0 Å². The fraction of sp³-hybridized carbons (Fsp3) is 0.917. The predicted molar refractivity (Wildman–Crippen MR) is 65.6 cm³/mol. The highest BCUT2D eigenvalue weighted by molar-refractivity contribution is 5.76. The first-order valence-corrected chi connectivity index (χ1v) is 6.52. The Morgan fingerprint density at radius 1 is 1.35 bits per heavy atom. The third-order valence-electron chi connectivity index (χ3n) is 3.80. The van der Waals surface area contributed by atoms with Crippen LogP contribution in [0.3, 0.4) is 0 Å². The molecular formula is C12H23N3O2. The largest absolute Gasteiger partial charge is 0.379 e. The molecule has 0 aliphatic carbocycles. The molecule has 98 valence electrons. The minimum Gasteiger partial charge on any atom is -0.379 e. The van der Waals surface area contributed by atoms with Crippen molar-refractivity contribution in [3.63, 3.8) is 0 Å². The highest BCUT2D eigenvalue weighted by Crippen LogP contribution is 2.23. The van der Waals surface area contributed by atoms with Crippen LogP contribution in [0.4, 0.5) is 0 Å². The molecule has 0 aromatic carbocycles. The van der Waals surface area contributed by atoms with Gasteiger partial charge in [-0.25, -0.2) is 0 Å². The van der Waals surface area contributed by atoms with Gasteiger partial charge in [-0.2, -0.15) is 0 Å². The van der Waals surface area contributed by atoms with E-state index in [-0.39, 0.29) is 5.91 Å². The van der Waals surface area contributed by atoms with E-state index in [4.69, 9.17) is 10.5 Å². The lowest BCUT2D eigenvalue weighted by atomic mass is 10.0. The van der Waals surface area contributed by atoms with Crippen LogP contribution in [0.15, 0.2) is 0 Å². The van der Waals surface area contributed by atoms with Crippen molar-refractivity contribution in [2.45, 2.75) is 19.4 Å². The van der Waals surface area contributed by atoms with E-state index in [1.165, 1.54) is 0 Å². The first-order chi connectivity index (χ1) is 8.22. The average Bonchev–Trinajstić information content (AvgIpc) is 2.73. The van der Waals surface area contributed by atoms with E-state index >= 15 is 0 Å². The van der Waals surface area contributed by atoms with Gasteiger partial charge in [0.2, 0.25) is 5.91 Å². The molecule has 0 radical (unpaired) electrons. The molecule has 1 amide bonds. The van der Waals surface area contributed by atoms with Crippen LogP contribution in [0, 0.1) is 5.92 Å². The number of carbonyl (C=O) groups is 1. The Hall–Kier alpha value is -0.650. The number of amides is 1. The summed E-state index contributed by atoms with van der Waals surface area (Å²) < 4.78 is 5.37. The molecule has 2 rings (SSSR count). The minimum absolute atomic E-state index is 0.204. The van der Waals surface area contributed by atoms with Gasteiger partial charge in [-0.1, -0.05) is 6.92 Å². The molecule has 2 fully saturated rings. The van der Waals surface area contributed by atoms with Crippen molar-refractivity contribution in [3.8, 4) is 0 Å². The summed E-state index contributed by atoms with van der Waals surface area (Å²) in [5, 5.41) is 0. The molecule has 2 aliphatic heterocycles. The summed E-state index contributed by atoms with van der Waals surface area (Å²) in [6.07, 6.45) is 0.475. The molecule has 2 aliphatic rings. The summed E-state index contributed by atoms with van der Waals surface area (Å²) in [6, 6.07) is 0.501. The summed E-state index contributed by atoms with van der Waals surface area (Å²) in [6.45, 7) is 8.05. The highest BCUT2D eigenvalue weighted by Gasteiger charge is 2.36. The topological polar surface area (TPSA) is 58.8 Å². The number of likely N-dealkylation sites (tertiary alicyclic amines) is 1. The van der Waals surface area contributed by atoms with E-state index in [1.54, 1.807) is 0 Å². The third-order valence-corrected chi connectivity index (χ3v) is 3.80. The van der Waals surface area contributed by atoms with Gasteiger partial charge in [0.15, 0.2) is 0 Å². The van der Waals surface area contributed by atoms with Gasteiger partial charge in [-0.05, 0) is 5.92 Å². The Morgan fingerprint density at radius 2 is 2.06 bits per heavy atom. The highest BCUT2D eigenvalue weighted by atomic mass is 16.5. The van der Waals surface area contributed by atoms with E-state index in [9.17, 15) is 4.79 Å². The second-order valence-electron chi connectivity index (χ2n) is 5.03. The SMILES string of the molecule is CC1CN(C(=O)CCN)CC1N1CCOCC1. The Kier molecular flexibility index (Phi) is 4.36. The third kappa shape index (κ3) is 2.97. The maximum atomic E-state index is 11.8. The number of hydrogen-bond acceptors (Lipinski definition) is 4. The minimum atomic E-state index is 0.204. The van der Waals surface area contributed by atoms with Crippen LogP contribution in [0.5, 0.6) is 0 Å². The summed E-state index contributed by atoms with van der Waals surface area (Å²) >= 11 is 0. The molecule has 2 unspecified atom stereocenters. The van der Waals surface area contributed by atoms with Crippen LogP contribution in [0.2, 0.25) is 0 Å². The molecular weight excluding hydrogens is 218 g/mol. The number of hydrogen-bond donors (Lipinski definition) is 1. The number of nitrogens with zero attached hydrogens (tertiary/aromatic N) is 2. The fourth-order valence-electron chi connectivity index (χ4n) is 2.82. The van der Waals surface area contributed by atoms with Crippen molar-refractivity contribution in [1.29, 1.82) is 0 Å². The molecule has 17 heavy (non-hydrogen) atoms. The molecule has 2 saturated heterocycles. The Balaban J connectivity index is 1.89. The Bertz CT molecular complexity index is 266. The molecule has 0 spiro atoms. The number of carbonyl (C=O) groups excluding carboxylic acids is 1. The molecule has 2 N–H and O–H groups in total. The van der Waals surface area contributed by atoms with Crippen LogP contribution in [0.1, 0.15) is 13.3 Å². The second kappa shape index (κ2) is 5.80. The van der Waals surface area contributed by atoms with Crippen LogP contribution in [-0.4, -0.2) is 67.7 Å². The summed E-state index contributed by atoms with van der Waals surface area (Å²) in [4.78, 5) is 16.3. The molecule has 5 heteroatoms. The summed E-state index contributed by atoms with van der Waals surface area (Å²) in [5.74, 6) is 0.755. The van der Waals surface area contributed by atoms with Gasteiger partial charge in [0.1, 0.15) is 0 Å². The van der Waals surface area contributed by atoms with Crippen LogP contribution >= 0.6 is 0 Å². The van der Waals surface area contributed by atoms with Gasteiger partial charge < -0.3 is 15.4 Å². The van der Waals surface area contributed by atoms with E-state index in [0.717, 1.165) is 39.4 Å². The molecule has 0 aromatic rings. The Morgan fingerprint density at radius 3 is 2.71 bits per heavy atom. The van der Waals surface area contributed by atoms with Crippen LogP contribution in [0.25, 0.3) is 0 Å². The molecule has 2 heterocycles. The quantitative estimate of drug-likeness (QED) is 0.724. The number of morpholine rings is 1. The molecule has 0 aromatic heterocycles. The monoisotopic (exact) mass is 241 g/mol. The van der Waals surface area contributed by atoms with Gasteiger partial charge in [-0.3, -0.25) is 9.69 Å². The zero-order chi connectivity index (χ0) is 12.3. The molecule has 0 saturated carbocycles. The number of nitrogens with two attached hydrogens (primary N) is 1. The summed E-state index contributed by atoms with van der Waals surface area (Å²) in [5.41, 5.74) is 5.43. The summed E-state index contributed by atoms with van der Waals surface area (Å²) in [7, 11) is 0. The van der Waals surface area contributed by atoms with Crippen LogP contribution < -0.4 is 5.73 Å². The second-order valence-corrected chi connectivity index (χ2v) is 5.03. The van der Waals surface area contributed by atoms with Crippen molar-refractivity contribution in [1.82, 2.24) is 9.80 Å². The van der Waals surface area contributed by atoms with Gasteiger partial charge in [0.25, 0.3) is 0 Å². The lowest BCUT2D eigenvalue weighted by Gasteiger charge is -2.33. The number of ether oxygens (including phenoxy) is 1. The van der Waals surface area contributed by atoms with E-state index in [2.05, 4.69) is 11.8 Å². The lowest BCUT2D eigenvalue weighted by molar-refractivity contribution is -0.130. The zero-order valence-corrected chi connectivity index (χ0v) is 10.6. The number of rotatable bonds is 3. The zero-order valence-electron chi connectivity index (χ0n) is 10.6. The van der Waals surface area contributed by atoms with Gasteiger partial charge in [0, 0.05) is 45.2 Å². The van der Waals surface area contributed by atoms with E-state index in [1.807, 2.05) is 4.90 Å². The normalized spacial score (nSPS) is 30.8. The predicted octanol–water partition coefficient (Wildman–Crippen LogP) is -0.486. The Labute approximate surface area is 103 Å².